The summed E-state index contributed by atoms with van der Waals surface area (Å²) in [7, 11) is 3.40. The first-order valence-corrected chi connectivity index (χ1v) is 11.2. The second kappa shape index (κ2) is 6.35. The quantitative estimate of drug-likeness (QED) is 0.354. The predicted molar refractivity (Wildman–Crippen MR) is 128 cm³/mol. The highest BCUT2D eigenvalue weighted by Crippen LogP contribution is 2.67. The van der Waals surface area contributed by atoms with Crippen molar-refractivity contribution in [1.29, 1.82) is 0 Å². The molecule has 7 rings (SSSR count). The fourth-order valence-electron chi connectivity index (χ4n) is 6.34. The Morgan fingerprint density at radius 1 is 0.667 bits per heavy atom. The van der Waals surface area contributed by atoms with Crippen LogP contribution in [0.15, 0.2) is 78.9 Å². The maximum Gasteiger partial charge on any atom is 0.123 e. The fraction of sp³-hybridized carbons (Fsp3) is 0.133. The molecule has 0 unspecified atom stereocenters. The maximum absolute atomic E-state index is 14.6. The summed E-state index contributed by atoms with van der Waals surface area (Å²) in [6.45, 7) is 0. The van der Waals surface area contributed by atoms with Crippen LogP contribution < -0.4 is 9.47 Å². The largest absolute Gasteiger partial charge is 0.497 e. The molecule has 2 nitrogen and oxygen atoms in total. The van der Waals surface area contributed by atoms with Gasteiger partial charge in [0.1, 0.15) is 17.3 Å². The van der Waals surface area contributed by atoms with Crippen LogP contribution in [0.5, 0.6) is 11.5 Å². The number of halogens is 1. The van der Waals surface area contributed by atoms with E-state index in [0.29, 0.717) is 0 Å². The second-order valence-electron chi connectivity index (χ2n) is 8.95. The molecule has 4 aromatic carbocycles. The van der Waals surface area contributed by atoms with E-state index >= 15 is 0 Å². The van der Waals surface area contributed by atoms with Crippen molar-refractivity contribution in [3.63, 3.8) is 0 Å². The molecule has 33 heavy (non-hydrogen) atoms. The standard InChI is InChI=1S/C30H21FO2/c1-32-19-9-11-22-23-12-10-20(33-2)16-28(23)30(27(22)15-19)26-6-4-3-5-21(26)25-13-17-7-8-18(31)14-24(17)29(25)30/h3-12,14-16H,13H2,1-2H3. The molecule has 3 aliphatic rings. The lowest BCUT2D eigenvalue weighted by atomic mass is 9.68. The summed E-state index contributed by atoms with van der Waals surface area (Å²) < 4.78 is 25.9. The molecule has 0 bridgehead atoms. The van der Waals surface area contributed by atoms with Gasteiger partial charge in [0, 0.05) is 0 Å². The van der Waals surface area contributed by atoms with Crippen molar-refractivity contribution in [1.82, 2.24) is 0 Å². The van der Waals surface area contributed by atoms with Gasteiger partial charge in [0.15, 0.2) is 0 Å². The molecular formula is C30H21FO2. The Morgan fingerprint density at radius 2 is 1.33 bits per heavy atom. The minimum absolute atomic E-state index is 0.205. The van der Waals surface area contributed by atoms with Crippen molar-refractivity contribution in [3.05, 3.63) is 118 Å². The minimum atomic E-state index is -0.543. The zero-order chi connectivity index (χ0) is 22.3. The van der Waals surface area contributed by atoms with Crippen molar-refractivity contribution in [2.75, 3.05) is 14.2 Å². The third-order valence-corrected chi connectivity index (χ3v) is 7.59. The number of methoxy groups -OCH3 is 2. The van der Waals surface area contributed by atoms with Gasteiger partial charge in [-0.1, -0.05) is 42.5 Å². The van der Waals surface area contributed by atoms with Crippen molar-refractivity contribution in [3.8, 4) is 22.6 Å². The summed E-state index contributed by atoms with van der Waals surface area (Å²) in [4.78, 5) is 0. The third-order valence-electron chi connectivity index (χ3n) is 7.59. The highest BCUT2D eigenvalue weighted by atomic mass is 19.1. The Kier molecular flexibility index (Phi) is 3.60. The third kappa shape index (κ3) is 2.17. The lowest BCUT2D eigenvalue weighted by Gasteiger charge is -2.33. The van der Waals surface area contributed by atoms with E-state index in [9.17, 15) is 4.39 Å². The van der Waals surface area contributed by atoms with Gasteiger partial charge in [0.05, 0.1) is 19.6 Å². The van der Waals surface area contributed by atoms with Crippen LogP contribution in [-0.4, -0.2) is 14.2 Å². The zero-order valence-electron chi connectivity index (χ0n) is 18.4. The summed E-state index contributed by atoms with van der Waals surface area (Å²) in [6.07, 6.45) is 0.808. The van der Waals surface area contributed by atoms with E-state index in [0.717, 1.165) is 23.5 Å². The average molecular weight is 432 g/mol. The predicted octanol–water partition coefficient (Wildman–Crippen LogP) is 6.64. The van der Waals surface area contributed by atoms with Gasteiger partial charge in [0.25, 0.3) is 0 Å². The first-order valence-electron chi connectivity index (χ1n) is 11.2. The van der Waals surface area contributed by atoms with Gasteiger partial charge < -0.3 is 9.47 Å². The van der Waals surface area contributed by atoms with Crippen LogP contribution in [0, 0.1) is 5.82 Å². The monoisotopic (exact) mass is 432 g/mol. The van der Waals surface area contributed by atoms with Crippen LogP contribution in [-0.2, 0) is 11.8 Å². The number of hydrogen-bond acceptors (Lipinski definition) is 2. The molecular weight excluding hydrogens is 411 g/mol. The lowest BCUT2D eigenvalue weighted by Crippen LogP contribution is -2.27. The first kappa shape index (κ1) is 18.7. The maximum atomic E-state index is 14.6. The van der Waals surface area contributed by atoms with Crippen molar-refractivity contribution in [2.24, 2.45) is 0 Å². The normalized spacial score (nSPS) is 15.7. The lowest BCUT2D eigenvalue weighted by molar-refractivity contribution is 0.413. The number of benzene rings is 4. The molecule has 0 aromatic heterocycles. The molecule has 0 atom stereocenters. The molecule has 0 saturated carbocycles. The van der Waals surface area contributed by atoms with Crippen LogP contribution >= 0.6 is 0 Å². The zero-order valence-corrected chi connectivity index (χ0v) is 18.4. The average Bonchev–Trinajstić information content (AvgIpc) is 3.46. The molecule has 0 amide bonds. The summed E-state index contributed by atoms with van der Waals surface area (Å²) >= 11 is 0. The van der Waals surface area contributed by atoms with Gasteiger partial charge in [-0.3, -0.25) is 0 Å². The number of allylic oxidation sites excluding steroid dienone is 2. The van der Waals surface area contributed by atoms with Gasteiger partial charge >= 0.3 is 0 Å². The van der Waals surface area contributed by atoms with Gasteiger partial charge in [-0.05, 0) is 98.5 Å². The Labute approximate surface area is 191 Å². The van der Waals surface area contributed by atoms with E-state index in [1.54, 1.807) is 26.4 Å². The highest BCUT2D eigenvalue weighted by molar-refractivity contribution is 6.13. The second-order valence-corrected chi connectivity index (χ2v) is 8.95. The van der Waals surface area contributed by atoms with Crippen LogP contribution in [0.4, 0.5) is 4.39 Å². The minimum Gasteiger partial charge on any atom is -0.497 e. The van der Waals surface area contributed by atoms with E-state index in [-0.39, 0.29) is 5.82 Å². The van der Waals surface area contributed by atoms with Gasteiger partial charge in [-0.25, -0.2) is 4.39 Å². The molecule has 0 saturated heterocycles. The summed E-state index contributed by atoms with van der Waals surface area (Å²) in [6, 6.07) is 26.5. The van der Waals surface area contributed by atoms with Crippen molar-refractivity contribution < 1.29 is 13.9 Å². The number of ether oxygens (including phenoxy) is 2. The molecule has 3 heteroatoms. The molecule has 0 N–H and O–H groups in total. The molecule has 4 aromatic rings. The summed E-state index contributed by atoms with van der Waals surface area (Å²) in [5.41, 5.74) is 11.3. The highest BCUT2D eigenvalue weighted by Gasteiger charge is 2.55. The van der Waals surface area contributed by atoms with Crippen LogP contribution in [0.25, 0.3) is 22.3 Å². The van der Waals surface area contributed by atoms with Crippen molar-refractivity contribution >= 4 is 11.1 Å². The Morgan fingerprint density at radius 3 is 2.00 bits per heavy atom. The van der Waals surface area contributed by atoms with E-state index in [2.05, 4.69) is 48.5 Å². The molecule has 0 radical (unpaired) electrons. The molecule has 3 aliphatic carbocycles. The van der Waals surface area contributed by atoms with Gasteiger partial charge in [-0.15, -0.1) is 0 Å². The topological polar surface area (TPSA) is 18.5 Å². The number of fused-ring (bicyclic) bond motifs is 11. The Bertz CT molecular complexity index is 1480. The van der Waals surface area contributed by atoms with Crippen LogP contribution in [0.1, 0.15) is 33.4 Å². The molecule has 160 valence electrons. The smallest absolute Gasteiger partial charge is 0.123 e. The van der Waals surface area contributed by atoms with E-state index < -0.39 is 5.41 Å². The molecule has 1 spiro atoms. The van der Waals surface area contributed by atoms with Crippen LogP contribution in [0.2, 0.25) is 0 Å². The fourth-order valence-corrected chi connectivity index (χ4v) is 6.34. The molecule has 0 fully saturated rings. The van der Waals surface area contributed by atoms with E-state index in [1.165, 1.54) is 50.1 Å². The number of rotatable bonds is 2. The van der Waals surface area contributed by atoms with E-state index in [4.69, 9.17) is 9.47 Å². The molecule has 0 aliphatic heterocycles. The summed E-state index contributed by atoms with van der Waals surface area (Å²) in [5.74, 6) is 1.43. The van der Waals surface area contributed by atoms with E-state index in [1.807, 2.05) is 18.2 Å². The first-order chi connectivity index (χ1) is 16.2. The molecule has 0 heterocycles. The van der Waals surface area contributed by atoms with Gasteiger partial charge in [-0.2, -0.15) is 0 Å². The van der Waals surface area contributed by atoms with Gasteiger partial charge in [0.2, 0.25) is 0 Å². The Balaban J connectivity index is 1.68. The SMILES string of the molecule is COc1ccc2c(c1)C1(C3=C(Cc4ccc(F)cc43)c3ccccc31)c1cc(OC)ccc1-2. The number of hydrogen-bond donors (Lipinski definition) is 0. The van der Waals surface area contributed by atoms with Crippen molar-refractivity contribution in [2.45, 2.75) is 11.8 Å². The summed E-state index contributed by atoms with van der Waals surface area (Å²) in [5, 5.41) is 0. The van der Waals surface area contributed by atoms with Crippen LogP contribution in [0.3, 0.4) is 0 Å². The Hall–Kier alpha value is -3.85.